The highest BCUT2D eigenvalue weighted by atomic mass is 16.5. The highest BCUT2D eigenvalue weighted by molar-refractivity contribution is 6.06. The average molecular weight is 358 g/mol. The number of nitrogens with zero attached hydrogens (tertiary/aromatic N) is 5. The van der Waals surface area contributed by atoms with Crippen LogP contribution in [0.3, 0.4) is 0 Å². The summed E-state index contributed by atoms with van der Waals surface area (Å²) in [6.45, 7) is 6.85. The van der Waals surface area contributed by atoms with Crippen molar-refractivity contribution in [1.82, 2.24) is 30.2 Å². The summed E-state index contributed by atoms with van der Waals surface area (Å²) in [5, 5.41) is 15.6. The third-order valence-electron chi connectivity index (χ3n) is 4.12. The van der Waals surface area contributed by atoms with Crippen LogP contribution in [-0.4, -0.2) is 44.5 Å². The Morgan fingerprint density at radius 2 is 2.23 bits per heavy atom. The largest absolute Gasteiger partial charge is 0.385 e. The van der Waals surface area contributed by atoms with Crippen LogP contribution in [0.2, 0.25) is 0 Å². The summed E-state index contributed by atoms with van der Waals surface area (Å²) in [4.78, 5) is 17.1. The summed E-state index contributed by atoms with van der Waals surface area (Å²) in [7, 11) is 1.67. The van der Waals surface area contributed by atoms with Crippen LogP contribution in [-0.2, 0) is 11.3 Å². The van der Waals surface area contributed by atoms with Gasteiger partial charge in [0.1, 0.15) is 6.33 Å². The number of hydrogen-bond donors (Lipinski definition) is 1. The van der Waals surface area contributed by atoms with Crippen molar-refractivity contribution >= 4 is 17.0 Å². The zero-order valence-corrected chi connectivity index (χ0v) is 15.3. The molecule has 9 nitrogen and oxygen atoms in total. The van der Waals surface area contributed by atoms with Crippen LogP contribution in [0, 0.1) is 13.8 Å². The Morgan fingerprint density at radius 1 is 1.42 bits per heavy atom. The van der Waals surface area contributed by atoms with E-state index in [1.54, 1.807) is 26.4 Å². The smallest absolute Gasteiger partial charge is 0.258 e. The van der Waals surface area contributed by atoms with Gasteiger partial charge in [-0.1, -0.05) is 5.16 Å². The molecule has 0 fully saturated rings. The Kier molecular flexibility index (Phi) is 5.27. The van der Waals surface area contributed by atoms with E-state index in [2.05, 4.69) is 25.7 Å². The molecule has 0 spiro atoms. The van der Waals surface area contributed by atoms with Gasteiger partial charge in [0, 0.05) is 26.0 Å². The molecule has 1 N–H and O–H groups in total. The standard InChI is InChI=1S/C17H22N6O3/c1-10-8-13(14-11(2)22-26-17(14)19-10)16(24)20-12(3)15-21-18-9-23(15)6-5-7-25-4/h8-9,12H,5-7H2,1-4H3,(H,20,24)/t12-/m0/s1. The van der Waals surface area contributed by atoms with Gasteiger partial charge in [-0.3, -0.25) is 4.79 Å². The number of hydrogen-bond acceptors (Lipinski definition) is 7. The lowest BCUT2D eigenvalue weighted by atomic mass is 10.1. The van der Waals surface area contributed by atoms with Crippen molar-refractivity contribution in [1.29, 1.82) is 0 Å². The molecule has 3 aromatic heterocycles. The van der Waals surface area contributed by atoms with Gasteiger partial charge in [-0.15, -0.1) is 10.2 Å². The second-order valence-electron chi connectivity index (χ2n) is 6.18. The fourth-order valence-corrected chi connectivity index (χ4v) is 2.89. The van der Waals surface area contributed by atoms with Crippen molar-refractivity contribution < 1.29 is 14.1 Å². The number of rotatable bonds is 7. The van der Waals surface area contributed by atoms with Gasteiger partial charge in [-0.2, -0.15) is 0 Å². The fourth-order valence-electron chi connectivity index (χ4n) is 2.89. The van der Waals surface area contributed by atoms with Crippen LogP contribution in [0.1, 0.15) is 47.0 Å². The maximum atomic E-state index is 12.9. The van der Waals surface area contributed by atoms with Crippen molar-refractivity contribution in [2.75, 3.05) is 13.7 Å². The molecule has 0 aliphatic rings. The summed E-state index contributed by atoms with van der Waals surface area (Å²) in [6, 6.07) is 1.42. The van der Waals surface area contributed by atoms with Crippen molar-refractivity contribution in [3.05, 3.63) is 35.2 Å². The summed E-state index contributed by atoms with van der Waals surface area (Å²) in [6.07, 6.45) is 2.50. The molecule has 3 heterocycles. The highest BCUT2D eigenvalue weighted by Crippen LogP contribution is 2.22. The van der Waals surface area contributed by atoms with Crippen LogP contribution in [0.15, 0.2) is 16.9 Å². The molecule has 0 saturated heterocycles. The van der Waals surface area contributed by atoms with E-state index in [-0.39, 0.29) is 11.9 Å². The van der Waals surface area contributed by atoms with Crippen molar-refractivity contribution in [3.63, 3.8) is 0 Å². The minimum Gasteiger partial charge on any atom is -0.385 e. The molecule has 0 aliphatic heterocycles. The first-order valence-electron chi connectivity index (χ1n) is 8.42. The predicted octanol–water partition coefficient (Wildman–Crippen LogP) is 1.96. The van der Waals surface area contributed by atoms with Crippen molar-refractivity contribution in [2.45, 2.75) is 39.8 Å². The number of aromatic nitrogens is 5. The Morgan fingerprint density at radius 3 is 3.00 bits per heavy atom. The van der Waals surface area contributed by atoms with Gasteiger partial charge in [0.05, 0.1) is 22.7 Å². The van der Waals surface area contributed by atoms with E-state index in [1.165, 1.54) is 0 Å². The molecule has 3 aromatic rings. The average Bonchev–Trinajstić information content (AvgIpc) is 3.21. The third-order valence-corrected chi connectivity index (χ3v) is 4.12. The van der Waals surface area contributed by atoms with Gasteiger partial charge < -0.3 is 19.1 Å². The van der Waals surface area contributed by atoms with Crippen LogP contribution in [0.25, 0.3) is 11.1 Å². The molecule has 138 valence electrons. The minimum atomic E-state index is -0.309. The van der Waals surface area contributed by atoms with Gasteiger partial charge in [0.2, 0.25) is 0 Å². The molecule has 0 aromatic carbocycles. The Hall–Kier alpha value is -2.81. The van der Waals surface area contributed by atoms with E-state index < -0.39 is 0 Å². The molecule has 0 aliphatic carbocycles. The summed E-state index contributed by atoms with van der Waals surface area (Å²) < 4.78 is 12.2. The molecule has 26 heavy (non-hydrogen) atoms. The zero-order chi connectivity index (χ0) is 18.7. The van der Waals surface area contributed by atoms with Crippen molar-refractivity contribution in [3.8, 4) is 0 Å². The molecule has 0 unspecified atom stereocenters. The molecule has 3 rings (SSSR count). The van der Waals surface area contributed by atoms with E-state index in [4.69, 9.17) is 9.26 Å². The maximum absolute atomic E-state index is 12.9. The van der Waals surface area contributed by atoms with E-state index in [0.29, 0.717) is 40.5 Å². The van der Waals surface area contributed by atoms with Crippen LogP contribution >= 0.6 is 0 Å². The molecule has 1 amide bonds. The number of carbonyl (C=O) groups is 1. The lowest BCUT2D eigenvalue weighted by molar-refractivity contribution is 0.0938. The topological polar surface area (TPSA) is 108 Å². The summed E-state index contributed by atoms with van der Waals surface area (Å²) in [5.74, 6) is 0.462. The Labute approximate surface area is 150 Å². The SMILES string of the molecule is COCCCn1cnnc1[C@H](C)NC(=O)c1cc(C)nc2onc(C)c12. The number of ether oxygens (including phenoxy) is 1. The first kappa shape index (κ1) is 18.0. The first-order chi connectivity index (χ1) is 12.5. The number of methoxy groups -OCH3 is 1. The van der Waals surface area contributed by atoms with Gasteiger partial charge in [0.25, 0.3) is 11.6 Å². The Balaban J connectivity index is 1.81. The molecular weight excluding hydrogens is 336 g/mol. The first-order valence-corrected chi connectivity index (χ1v) is 8.42. The monoisotopic (exact) mass is 358 g/mol. The number of pyridine rings is 1. The van der Waals surface area contributed by atoms with Crippen molar-refractivity contribution in [2.24, 2.45) is 0 Å². The van der Waals surface area contributed by atoms with Gasteiger partial charge in [0.15, 0.2) is 5.82 Å². The lowest BCUT2D eigenvalue weighted by Crippen LogP contribution is -2.29. The van der Waals surface area contributed by atoms with Crippen LogP contribution in [0.4, 0.5) is 0 Å². The number of aryl methyl sites for hydroxylation is 3. The zero-order valence-electron chi connectivity index (χ0n) is 15.3. The minimum absolute atomic E-state index is 0.231. The summed E-state index contributed by atoms with van der Waals surface area (Å²) >= 11 is 0. The predicted molar refractivity (Wildman–Crippen MR) is 93.7 cm³/mol. The molecular formula is C17H22N6O3. The lowest BCUT2D eigenvalue weighted by Gasteiger charge is -2.15. The van der Waals surface area contributed by atoms with Gasteiger partial charge in [-0.25, -0.2) is 4.98 Å². The second-order valence-corrected chi connectivity index (χ2v) is 6.18. The number of amides is 1. The molecule has 0 radical (unpaired) electrons. The number of fused-ring (bicyclic) bond motifs is 1. The Bertz CT molecular complexity index is 917. The van der Waals surface area contributed by atoms with E-state index in [0.717, 1.165) is 13.0 Å². The van der Waals surface area contributed by atoms with Crippen LogP contribution < -0.4 is 5.32 Å². The second kappa shape index (κ2) is 7.61. The van der Waals surface area contributed by atoms with E-state index >= 15 is 0 Å². The number of nitrogens with one attached hydrogen (secondary N) is 1. The number of carbonyl (C=O) groups excluding carboxylic acids is 1. The molecule has 9 heteroatoms. The third kappa shape index (κ3) is 3.57. The van der Waals surface area contributed by atoms with Gasteiger partial charge >= 0.3 is 0 Å². The van der Waals surface area contributed by atoms with Gasteiger partial charge in [-0.05, 0) is 33.3 Å². The normalized spacial score (nSPS) is 12.5. The van der Waals surface area contributed by atoms with E-state index in [9.17, 15) is 4.79 Å². The molecule has 0 saturated carbocycles. The molecule has 1 atom stereocenters. The summed E-state index contributed by atoms with van der Waals surface area (Å²) in [5.41, 5.74) is 2.17. The molecule has 0 bridgehead atoms. The highest BCUT2D eigenvalue weighted by Gasteiger charge is 2.21. The maximum Gasteiger partial charge on any atom is 0.258 e. The fraction of sp³-hybridized carbons (Fsp3) is 0.471. The quantitative estimate of drug-likeness (QED) is 0.643. The van der Waals surface area contributed by atoms with E-state index in [1.807, 2.05) is 18.4 Å². The van der Waals surface area contributed by atoms with Crippen LogP contribution in [0.5, 0.6) is 0 Å².